The molecule has 2 N–H and O–H groups in total. The van der Waals surface area contributed by atoms with Gasteiger partial charge in [-0.05, 0) is 48.7 Å². The zero-order valence-electron chi connectivity index (χ0n) is 18.0. The lowest BCUT2D eigenvalue weighted by molar-refractivity contribution is -0.121. The zero-order valence-corrected chi connectivity index (χ0v) is 18.8. The summed E-state index contributed by atoms with van der Waals surface area (Å²) in [5, 5.41) is 15.8. The average molecular weight is 450 g/mol. The fourth-order valence-electron chi connectivity index (χ4n) is 3.38. The first-order chi connectivity index (χ1) is 15.3. The molecule has 32 heavy (non-hydrogen) atoms. The molecule has 2 aromatic rings. The maximum atomic E-state index is 12.5. The fourth-order valence-corrected chi connectivity index (χ4v) is 4.26. The number of esters is 1. The Morgan fingerprint density at radius 2 is 1.94 bits per heavy atom. The van der Waals surface area contributed by atoms with Crippen molar-refractivity contribution in [1.82, 2.24) is 5.32 Å². The number of aryl methyl sites for hydroxylation is 2. The van der Waals surface area contributed by atoms with Crippen LogP contribution in [-0.2, 0) is 14.3 Å². The Hall–Kier alpha value is -3.57. The second kappa shape index (κ2) is 10.2. The highest BCUT2D eigenvalue weighted by atomic mass is 32.2. The van der Waals surface area contributed by atoms with Crippen molar-refractivity contribution in [1.29, 1.82) is 5.26 Å². The van der Waals surface area contributed by atoms with E-state index in [-0.39, 0.29) is 24.0 Å². The Kier molecular flexibility index (Phi) is 7.33. The number of hydrogen-bond donors (Lipinski definition) is 2. The van der Waals surface area contributed by atoms with E-state index in [4.69, 9.17) is 4.74 Å². The van der Waals surface area contributed by atoms with E-state index in [2.05, 4.69) is 16.7 Å². The van der Waals surface area contributed by atoms with E-state index in [0.717, 1.165) is 34.1 Å². The van der Waals surface area contributed by atoms with Gasteiger partial charge in [0.05, 0.1) is 35.1 Å². The first-order valence-electron chi connectivity index (χ1n) is 9.94. The molecule has 1 heterocycles. The number of hydrogen-bond acceptors (Lipinski definition) is 6. The summed E-state index contributed by atoms with van der Waals surface area (Å²) in [7, 11) is 1.30. The number of rotatable bonds is 6. The summed E-state index contributed by atoms with van der Waals surface area (Å²) < 4.78 is 4.70. The minimum absolute atomic E-state index is 0.0438. The number of methoxy groups -OCH3 is 1. The van der Waals surface area contributed by atoms with Gasteiger partial charge in [0.15, 0.2) is 0 Å². The van der Waals surface area contributed by atoms with Crippen LogP contribution in [0.2, 0.25) is 0 Å². The third-order valence-corrected chi connectivity index (χ3v) is 6.12. The number of anilines is 1. The van der Waals surface area contributed by atoms with Crippen molar-refractivity contribution in [3.05, 3.63) is 75.3 Å². The van der Waals surface area contributed by atoms with Crippen molar-refractivity contribution in [3.63, 3.8) is 0 Å². The van der Waals surface area contributed by atoms with Crippen molar-refractivity contribution in [2.75, 3.05) is 18.2 Å². The van der Waals surface area contributed by atoms with Gasteiger partial charge < -0.3 is 15.4 Å². The van der Waals surface area contributed by atoms with Gasteiger partial charge in [-0.25, -0.2) is 4.79 Å². The van der Waals surface area contributed by atoms with E-state index in [1.807, 2.05) is 32.0 Å². The second-order valence-corrected chi connectivity index (χ2v) is 8.41. The largest absolute Gasteiger partial charge is 0.465 e. The first kappa shape index (κ1) is 23.1. The Labute approximate surface area is 190 Å². The van der Waals surface area contributed by atoms with Crippen LogP contribution in [0, 0.1) is 25.2 Å². The van der Waals surface area contributed by atoms with Crippen LogP contribution in [0.3, 0.4) is 0 Å². The van der Waals surface area contributed by atoms with Crippen LogP contribution in [0.15, 0.2) is 53.1 Å². The number of amides is 2. The molecule has 0 unspecified atom stereocenters. The van der Waals surface area contributed by atoms with Gasteiger partial charge in [0.25, 0.3) is 0 Å². The van der Waals surface area contributed by atoms with Gasteiger partial charge in [-0.15, -0.1) is 0 Å². The Balaban J connectivity index is 1.77. The van der Waals surface area contributed by atoms with Crippen molar-refractivity contribution in [3.8, 4) is 6.07 Å². The molecule has 1 aliphatic rings. The third-order valence-electron chi connectivity index (χ3n) is 5.10. The standard InChI is InChI=1S/C24H23N3O4S/c1-14-4-5-15(2)20(10-14)26-22(29)13-32-23-19(12-25)18(11-21(28)27-23)16-6-8-17(9-7-16)24(30)31-3/h4-10,18H,11,13H2,1-3H3,(H,26,29)(H,27,28)/t18-/m0/s1. The first-order valence-corrected chi connectivity index (χ1v) is 10.9. The number of nitrogens with zero attached hydrogens (tertiary/aromatic N) is 1. The lowest BCUT2D eigenvalue weighted by Crippen LogP contribution is -2.31. The minimum atomic E-state index is -0.458. The highest BCUT2D eigenvalue weighted by Gasteiger charge is 2.30. The molecule has 0 spiro atoms. The van der Waals surface area contributed by atoms with Crippen molar-refractivity contribution >= 4 is 35.2 Å². The molecule has 1 atom stereocenters. The molecule has 2 amide bonds. The molecule has 0 fully saturated rings. The normalized spacial score (nSPS) is 15.6. The zero-order chi connectivity index (χ0) is 23.3. The topological polar surface area (TPSA) is 108 Å². The Morgan fingerprint density at radius 3 is 2.59 bits per heavy atom. The molecule has 0 radical (unpaired) electrons. The molecule has 0 aromatic heterocycles. The van der Waals surface area contributed by atoms with Crippen LogP contribution in [0.4, 0.5) is 5.69 Å². The molecule has 0 bridgehead atoms. The van der Waals surface area contributed by atoms with Crippen LogP contribution in [0.25, 0.3) is 0 Å². The molecule has 2 aromatic carbocycles. The summed E-state index contributed by atoms with van der Waals surface area (Å²) in [4.78, 5) is 36.5. The third kappa shape index (κ3) is 5.37. The van der Waals surface area contributed by atoms with Crippen LogP contribution in [0.5, 0.6) is 0 Å². The molecule has 8 heteroatoms. The molecule has 1 aliphatic heterocycles. The summed E-state index contributed by atoms with van der Waals surface area (Å²) in [6.07, 6.45) is 0.110. The number of nitriles is 1. The monoisotopic (exact) mass is 449 g/mol. The van der Waals surface area contributed by atoms with Crippen molar-refractivity contribution < 1.29 is 19.1 Å². The van der Waals surface area contributed by atoms with E-state index in [1.54, 1.807) is 24.3 Å². The summed E-state index contributed by atoms with van der Waals surface area (Å²) in [6, 6.07) is 14.6. The lowest BCUT2D eigenvalue weighted by atomic mass is 9.87. The number of benzene rings is 2. The van der Waals surface area contributed by atoms with Crippen LogP contribution >= 0.6 is 11.8 Å². The van der Waals surface area contributed by atoms with Crippen molar-refractivity contribution in [2.45, 2.75) is 26.2 Å². The van der Waals surface area contributed by atoms with Gasteiger partial charge in [-0.1, -0.05) is 36.0 Å². The predicted octanol–water partition coefficient (Wildman–Crippen LogP) is 3.80. The van der Waals surface area contributed by atoms with Gasteiger partial charge in [0.1, 0.15) is 0 Å². The molecule has 0 aliphatic carbocycles. The molecule has 7 nitrogen and oxygen atoms in total. The average Bonchev–Trinajstić information content (AvgIpc) is 2.79. The summed E-state index contributed by atoms with van der Waals surface area (Å²) in [5.74, 6) is -1.33. The van der Waals surface area contributed by atoms with Crippen LogP contribution < -0.4 is 10.6 Å². The molecule has 3 rings (SSSR count). The summed E-state index contributed by atoms with van der Waals surface area (Å²) in [6.45, 7) is 3.86. The van der Waals surface area contributed by atoms with Gasteiger partial charge in [0.2, 0.25) is 11.8 Å². The lowest BCUT2D eigenvalue weighted by Gasteiger charge is -2.25. The number of nitrogens with one attached hydrogen (secondary N) is 2. The minimum Gasteiger partial charge on any atom is -0.465 e. The van der Waals surface area contributed by atoms with E-state index in [1.165, 1.54) is 7.11 Å². The number of carbonyl (C=O) groups excluding carboxylic acids is 3. The Morgan fingerprint density at radius 1 is 1.22 bits per heavy atom. The van der Waals surface area contributed by atoms with E-state index in [9.17, 15) is 19.6 Å². The molecular weight excluding hydrogens is 426 g/mol. The van der Waals surface area contributed by atoms with Crippen LogP contribution in [0.1, 0.15) is 39.4 Å². The SMILES string of the molecule is COC(=O)c1ccc([C@@H]2CC(=O)NC(SCC(=O)Nc3cc(C)ccc3C)=C2C#N)cc1. The Bertz CT molecular complexity index is 1130. The van der Waals surface area contributed by atoms with Gasteiger partial charge in [-0.3, -0.25) is 9.59 Å². The smallest absolute Gasteiger partial charge is 0.337 e. The maximum absolute atomic E-state index is 12.5. The molecule has 164 valence electrons. The second-order valence-electron chi connectivity index (χ2n) is 7.43. The van der Waals surface area contributed by atoms with E-state index >= 15 is 0 Å². The summed E-state index contributed by atoms with van der Waals surface area (Å²) >= 11 is 1.12. The quantitative estimate of drug-likeness (QED) is 0.650. The highest BCUT2D eigenvalue weighted by Crippen LogP contribution is 2.36. The fraction of sp³-hybridized carbons (Fsp3) is 0.250. The number of allylic oxidation sites excluding steroid dienone is 1. The van der Waals surface area contributed by atoms with E-state index < -0.39 is 11.9 Å². The predicted molar refractivity (Wildman–Crippen MR) is 123 cm³/mol. The van der Waals surface area contributed by atoms with E-state index in [0.29, 0.717) is 16.2 Å². The molecule has 0 saturated carbocycles. The molecule has 0 saturated heterocycles. The molecular formula is C24H23N3O4S. The number of ether oxygens (including phenoxy) is 1. The van der Waals surface area contributed by atoms with Gasteiger partial charge in [0, 0.05) is 18.0 Å². The number of thioether (sulfide) groups is 1. The van der Waals surface area contributed by atoms with Crippen molar-refractivity contribution in [2.24, 2.45) is 0 Å². The van der Waals surface area contributed by atoms with Crippen LogP contribution in [-0.4, -0.2) is 30.6 Å². The van der Waals surface area contributed by atoms with Gasteiger partial charge in [-0.2, -0.15) is 5.26 Å². The highest BCUT2D eigenvalue weighted by molar-refractivity contribution is 8.03. The number of carbonyl (C=O) groups is 3. The maximum Gasteiger partial charge on any atom is 0.337 e. The van der Waals surface area contributed by atoms with Gasteiger partial charge >= 0.3 is 5.97 Å². The summed E-state index contributed by atoms with van der Waals surface area (Å²) in [5.41, 5.74) is 4.24.